The number of nitrogens with zero attached hydrogens (tertiary/aromatic N) is 3. The van der Waals surface area contributed by atoms with Gasteiger partial charge in [-0.2, -0.15) is 0 Å². The van der Waals surface area contributed by atoms with Gasteiger partial charge in [-0.15, -0.1) is 5.10 Å². The zero-order valence-corrected chi connectivity index (χ0v) is 12.9. The molecule has 0 aliphatic rings. The first-order chi connectivity index (χ1) is 10.5. The van der Waals surface area contributed by atoms with E-state index in [1.807, 2.05) is 13.8 Å². The molecule has 2 aromatic rings. The smallest absolute Gasteiger partial charge is 0.291 e. The molecule has 0 saturated carbocycles. The van der Waals surface area contributed by atoms with E-state index in [2.05, 4.69) is 20.7 Å². The Morgan fingerprint density at radius 1 is 1.36 bits per heavy atom. The normalized spacial score (nSPS) is 11.0. The summed E-state index contributed by atoms with van der Waals surface area (Å²) in [5.41, 5.74) is 0.547. The van der Waals surface area contributed by atoms with Crippen LogP contribution in [0.25, 0.3) is 5.69 Å². The molecule has 6 nitrogen and oxygen atoms in total. The highest BCUT2D eigenvalue weighted by Gasteiger charge is 2.19. The standard InChI is InChI=1S/C15H20FN5O/c1-10(2)14-19-13(15(22)18-8-7-17-3)20-21(14)12-6-4-5-11(16)9-12/h4-6,9-10,17H,7-8H2,1-3H3,(H,18,22). The largest absolute Gasteiger partial charge is 0.348 e. The van der Waals surface area contributed by atoms with E-state index in [9.17, 15) is 9.18 Å². The highest BCUT2D eigenvalue weighted by Crippen LogP contribution is 2.18. The van der Waals surface area contributed by atoms with Crippen LogP contribution in [0.3, 0.4) is 0 Å². The number of likely N-dealkylation sites (N-methyl/N-ethyl adjacent to an activating group) is 1. The first-order valence-corrected chi connectivity index (χ1v) is 7.18. The topological polar surface area (TPSA) is 71.8 Å². The van der Waals surface area contributed by atoms with Gasteiger partial charge in [0, 0.05) is 19.0 Å². The molecule has 1 aromatic heterocycles. The molecule has 7 heteroatoms. The number of amides is 1. The van der Waals surface area contributed by atoms with Gasteiger partial charge in [0.2, 0.25) is 5.82 Å². The van der Waals surface area contributed by atoms with Crippen LogP contribution in [0.4, 0.5) is 4.39 Å². The monoisotopic (exact) mass is 305 g/mol. The summed E-state index contributed by atoms with van der Waals surface area (Å²) in [6.45, 7) is 5.04. The molecule has 0 fully saturated rings. The van der Waals surface area contributed by atoms with E-state index in [0.717, 1.165) is 0 Å². The summed E-state index contributed by atoms with van der Waals surface area (Å²) < 4.78 is 14.9. The highest BCUT2D eigenvalue weighted by molar-refractivity contribution is 5.90. The Kier molecular flexibility index (Phi) is 5.21. The molecule has 1 amide bonds. The quantitative estimate of drug-likeness (QED) is 0.793. The number of benzene rings is 1. The number of carbonyl (C=O) groups is 1. The van der Waals surface area contributed by atoms with Crippen molar-refractivity contribution in [3.8, 4) is 5.69 Å². The van der Waals surface area contributed by atoms with Crippen LogP contribution in [0, 0.1) is 5.82 Å². The summed E-state index contributed by atoms with van der Waals surface area (Å²) in [4.78, 5) is 16.3. The molecule has 0 bridgehead atoms. The van der Waals surface area contributed by atoms with Crippen LogP contribution in [0.15, 0.2) is 24.3 Å². The van der Waals surface area contributed by atoms with Crippen molar-refractivity contribution in [3.63, 3.8) is 0 Å². The number of nitrogens with one attached hydrogen (secondary N) is 2. The lowest BCUT2D eigenvalue weighted by Crippen LogP contribution is -2.31. The van der Waals surface area contributed by atoms with Crippen molar-refractivity contribution >= 4 is 5.91 Å². The number of carbonyl (C=O) groups excluding carboxylic acids is 1. The Hall–Kier alpha value is -2.28. The maximum absolute atomic E-state index is 13.4. The summed E-state index contributed by atoms with van der Waals surface area (Å²) in [7, 11) is 1.81. The Bertz CT molecular complexity index is 653. The van der Waals surface area contributed by atoms with E-state index in [4.69, 9.17) is 0 Å². The van der Waals surface area contributed by atoms with Crippen LogP contribution < -0.4 is 10.6 Å². The third-order valence-corrected chi connectivity index (χ3v) is 3.06. The SMILES string of the molecule is CNCCNC(=O)c1nc(C(C)C)n(-c2cccc(F)c2)n1. The van der Waals surface area contributed by atoms with Crippen molar-refractivity contribution in [2.45, 2.75) is 19.8 Å². The first-order valence-electron chi connectivity index (χ1n) is 7.18. The van der Waals surface area contributed by atoms with Crippen LogP contribution in [0.1, 0.15) is 36.2 Å². The Morgan fingerprint density at radius 3 is 2.77 bits per heavy atom. The molecule has 0 radical (unpaired) electrons. The van der Waals surface area contributed by atoms with Crippen molar-refractivity contribution in [3.05, 3.63) is 41.7 Å². The minimum absolute atomic E-state index is 0.0506. The lowest BCUT2D eigenvalue weighted by atomic mass is 10.2. The molecule has 0 atom stereocenters. The number of hydrogen-bond acceptors (Lipinski definition) is 4. The van der Waals surface area contributed by atoms with Gasteiger partial charge in [0.1, 0.15) is 11.6 Å². The van der Waals surface area contributed by atoms with Crippen molar-refractivity contribution in [1.82, 2.24) is 25.4 Å². The van der Waals surface area contributed by atoms with Gasteiger partial charge in [-0.1, -0.05) is 19.9 Å². The molecule has 2 N–H and O–H groups in total. The molecule has 0 aliphatic heterocycles. The molecule has 0 saturated heterocycles. The summed E-state index contributed by atoms with van der Waals surface area (Å²) in [6.07, 6.45) is 0. The van der Waals surface area contributed by atoms with Crippen LogP contribution in [0.2, 0.25) is 0 Å². The summed E-state index contributed by atoms with van der Waals surface area (Å²) in [6, 6.07) is 6.06. The molecule has 1 heterocycles. The Balaban J connectivity index is 2.32. The predicted molar refractivity (Wildman–Crippen MR) is 81.7 cm³/mol. The van der Waals surface area contributed by atoms with Gasteiger partial charge in [0.25, 0.3) is 5.91 Å². The molecular formula is C15H20FN5O. The molecule has 0 aliphatic carbocycles. The second-order valence-corrected chi connectivity index (χ2v) is 5.20. The third kappa shape index (κ3) is 3.67. The summed E-state index contributed by atoms with van der Waals surface area (Å²) in [5.74, 6) is 0.0538. The van der Waals surface area contributed by atoms with E-state index in [-0.39, 0.29) is 23.5 Å². The van der Waals surface area contributed by atoms with E-state index < -0.39 is 0 Å². The zero-order valence-electron chi connectivity index (χ0n) is 12.9. The van der Waals surface area contributed by atoms with Crippen LogP contribution in [-0.2, 0) is 0 Å². The lowest BCUT2D eigenvalue weighted by Gasteiger charge is -2.07. The second-order valence-electron chi connectivity index (χ2n) is 5.20. The zero-order chi connectivity index (χ0) is 16.1. The van der Waals surface area contributed by atoms with Crippen LogP contribution >= 0.6 is 0 Å². The maximum atomic E-state index is 13.4. The molecule has 2 rings (SSSR count). The summed E-state index contributed by atoms with van der Waals surface area (Å²) >= 11 is 0. The Labute approximate surface area is 128 Å². The molecule has 0 spiro atoms. The van der Waals surface area contributed by atoms with E-state index in [1.54, 1.807) is 19.2 Å². The number of halogens is 1. The summed E-state index contributed by atoms with van der Waals surface area (Å²) in [5, 5.41) is 9.90. The van der Waals surface area contributed by atoms with Crippen molar-refractivity contribution in [1.29, 1.82) is 0 Å². The van der Waals surface area contributed by atoms with Crippen LogP contribution in [-0.4, -0.2) is 40.8 Å². The van der Waals surface area contributed by atoms with Crippen LogP contribution in [0.5, 0.6) is 0 Å². The number of hydrogen-bond donors (Lipinski definition) is 2. The molecule has 118 valence electrons. The van der Waals surface area contributed by atoms with Gasteiger partial charge in [0.05, 0.1) is 5.69 Å². The molecule has 22 heavy (non-hydrogen) atoms. The first kappa shape index (κ1) is 16.1. The van der Waals surface area contributed by atoms with E-state index in [1.165, 1.54) is 16.8 Å². The van der Waals surface area contributed by atoms with Gasteiger partial charge in [-0.25, -0.2) is 14.1 Å². The van der Waals surface area contributed by atoms with E-state index in [0.29, 0.717) is 24.6 Å². The fourth-order valence-corrected chi connectivity index (χ4v) is 1.97. The van der Waals surface area contributed by atoms with Crippen molar-refractivity contribution in [2.75, 3.05) is 20.1 Å². The number of aromatic nitrogens is 3. The van der Waals surface area contributed by atoms with E-state index >= 15 is 0 Å². The number of rotatable bonds is 6. The minimum atomic E-state index is -0.359. The maximum Gasteiger partial charge on any atom is 0.291 e. The van der Waals surface area contributed by atoms with Gasteiger partial charge in [-0.05, 0) is 25.2 Å². The fourth-order valence-electron chi connectivity index (χ4n) is 1.97. The van der Waals surface area contributed by atoms with Gasteiger partial charge in [-0.3, -0.25) is 4.79 Å². The van der Waals surface area contributed by atoms with Gasteiger partial charge < -0.3 is 10.6 Å². The molecule has 1 aromatic carbocycles. The van der Waals surface area contributed by atoms with Crippen molar-refractivity contribution < 1.29 is 9.18 Å². The third-order valence-electron chi connectivity index (χ3n) is 3.06. The van der Waals surface area contributed by atoms with Gasteiger partial charge in [0.15, 0.2) is 0 Å². The Morgan fingerprint density at radius 2 is 2.14 bits per heavy atom. The van der Waals surface area contributed by atoms with Crippen molar-refractivity contribution in [2.24, 2.45) is 0 Å². The molecule has 0 unspecified atom stereocenters. The minimum Gasteiger partial charge on any atom is -0.348 e. The second kappa shape index (κ2) is 7.13. The average Bonchev–Trinajstić information content (AvgIpc) is 2.93. The lowest BCUT2D eigenvalue weighted by molar-refractivity contribution is 0.0944. The highest BCUT2D eigenvalue weighted by atomic mass is 19.1. The average molecular weight is 305 g/mol. The predicted octanol–water partition coefficient (Wildman–Crippen LogP) is 1.48. The fraction of sp³-hybridized carbons (Fsp3) is 0.400. The molecular weight excluding hydrogens is 285 g/mol. The van der Waals surface area contributed by atoms with Gasteiger partial charge >= 0.3 is 0 Å².